The standard InChI is InChI=1S/C24H28Cl2F3N3O4S/c1-4-30-23(34)16(2)31(15-19-20(25)10-6-11-21(19)26)22(33)12-7-13-32(37(3,35)36)18-9-5-8-17(14-18)24(27,28)29/h5-6,8-11,14,16H,4,7,12-13,15H2,1-3H3,(H,30,34). The van der Waals surface area contributed by atoms with Crippen LogP contribution in [0.4, 0.5) is 18.9 Å². The molecule has 0 aromatic heterocycles. The molecule has 0 saturated heterocycles. The molecule has 0 aliphatic carbocycles. The molecule has 2 aromatic rings. The van der Waals surface area contributed by atoms with Crippen molar-refractivity contribution >= 4 is 50.7 Å². The fourth-order valence-corrected chi connectivity index (χ4v) is 5.07. The molecule has 37 heavy (non-hydrogen) atoms. The summed E-state index contributed by atoms with van der Waals surface area (Å²) >= 11 is 12.5. The van der Waals surface area contributed by atoms with Crippen molar-refractivity contribution in [3.63, 3.8) is 0 Å². The van der Waals surface area contributed by atoms with E-state index in [9.17, 15) is 31.2 Å². The second-order valence-corrected chi connectivity index (χ2v) is 11.0. The molecule has 1 unspecified atom stereocenters. The minimum atomic E-state index is -4.65. The van der Waals surface area contributed by atoms with E-state index in [1.165, 1.54) is 11.0 Å². The van der Waals surface area contributed by atoms with E-state index in [1.54, 1.807) is 32.0 Å². The average molecular weight is 582 g/mol. The third-order valence-corrected chi connectivity index (χ3v) is 7.42. The van der Waals surface area contributed by atoms with Crippen molar-refractivity contribution in [2.45, 2.75) is 45.5 Å². The third-order valence-electron chi connectivity index (χ3n) is 5.52. The number of carbonyl (C=O) groups is 2. The minimum Gasteiger partial charge on any atom is -0.355 e. The Labute approximate surface area is 224 Å². The van der Waals surface area contributed by atoms with E-state index < -0.39 is 39.6 Å². The highest BCUT2D eigenvalue weighted by Crippen LogP contribution is 2.32. The van der Waals surface area contributed by atoms with Crippen molar-refractivity contribution in [2.75, 3.05) is 23.7 Å². The summed E-state index contributed by atoms with van der Waals surface area (Å²) in [4.78, 5) is 27.0. The number of likely N-dealkylation sites (N-methyl/N-ethyl adjacent to an activating group) is 1. The third kappa shape index (κ3) is 8.51. The zero-order valence-electron chi connectivity index (χ0n) is 20.5. The lowest BCUT2D eigenvalue weighted by molar-refractivity contribution is -0.140. The van der Waals surface area contributed by atoms with Crippen LogP contribution < -0.4 is 9.62 Å². The van der Waals surface area contributed by atoms with Crippen LogP contribution in [0, 0.1) is 0 Å². The lowest BCUT2D eigenvalue weighted by atomic mass is 10.1. The van der Waals surface area contributed by atoms with Crippen LogP contribution in [0.3, 0.4) is 0 Å². The van der Waals surface area contributed by atoms with Gasteiger partial charge in [0.25, 0.3) is 0 Å². The van der Waals surface area contributed by atoms with Crippen LogP contribution in [0.25, 0.3) is 0 Å². The first-order valence-electron chi connectivity index (χ1n) is 11.3. The monoisotopic (exact) mass is 581 g/mol. The van der Waals surface area contributed by atoms with Gasteiger partial charge in [-0.1, -0.05) is 35.3 Å². The number of carbonyl (C=O) groups excluding carboxylic acids is 2. The Morgan fingerprint density at radius 1 is 1.08 bits per heavy atom. The summed E-state index contributed by atoms with van der Waals surface area (Å²) in [5.41, 5.74) is -0.717. The Bertz CT molecular complexity index is 1210. The predicted octanol–water partition coefficient (Wildman–Crippen LogP) is 5.11. The molecular weight excluding hydrogens is 554 g/mol. The van der Waals surface area contributed by atoms with Gasteiger partial charge in [-0.05, 0) is 50.6 Å². The number of halogens is 5. The topological polar surface area (TPSA) is 86.8 Å². The van der Waals surface area contributed by atoms with Crippen molar-refractivity contribution in [3.05, 3.63) is 63.6 Å². The normalized spacial score (nSPS) is 12.6. The quantitative estimate of drug-likeness (QED) is 0.399. The highest BCUT2D eigenvalue weighted by molar-refractivity contribution is 7.92. The van der Waals surface area contributed by atoms with E-state index in [0.717, 1.165) is 28.8 Å². The van der Waals surface area contributed by atoms with Crippen molar-refractivity contribution in [3.8, 4) is 0 Å². The Morgan fingerprint density at radius 3 is 2.22 bits per heavy atom. The first-order chi connectivity index (χ1) is 17.2. The molecule has 0 radical (unpaired) electrons. The Morgan fingerprint density at radius 2 is 1.68 bits per heavy atom. The average Bonchev–Trinajstić information content (AvgIpc) is 2.80. The number of nitrogens with zero attached hydrogens (tertiary/aromatic N) is 2. The van der Waals surface area contributed by atoms with E-state index in [2.05, 4.69) is 5.32 Å². The molecule has 7 nitrogen and oxygen atoms in total. The van der Waals surface area contributed by atoms with Crippen LogP contribution in [0.1, 0.15) is 37.8 Å². The minimum absolute atomic E-state index is 0.0168. The number of nitrogens with one attached hydrogen (secondary N) is 1. The fraction of sp³-hybridized carbons (Fsp3) is 0.417. The summed E-state index contributed by atoms with van der Waals surface area (Å²) in [5, 5.41) is 3.26. The van der Waals surface area contributed by atoms with Crippen molar-refractivity contribution in [2.24, 2.45) is 0 Å². The van der Waals surface area contributed by atoms with Crippen LogP contribution in [-0.4, -0.2) is 50.5 Å². The lowest BCUT2D eigenvalue weighted by Crippen LogP contribution is -2.47. The number of hydrogen-bond acceptors (Lipinski definition) is 4. The van der Waals surface area contributed by atoms with Crippen molar-refractivity contribution in [1.29, 1.82) is 0 Å². The molecule has 0 saturated carbocycles. The molecule has 0 bridgehead atoms. The van der Waals surface area contributed by atoms with Gasteiger partial charge in [0, 0.05) is 41.7 Å². The van der Waals surface area contributed by atoms with Gasteiger partial charge in [-0.15, -0.1) is 0 Å². The number of anilines is 1. The molecule has 2 rings (SSSR count). The van der Waals surface area contributed by atoms with Crippen LogP contribution in [0.2, 0.25) is 10.0 Å². The largest absolute Gasteiger partial charge is 0.416 e. The lowest BCUT2D eigenvalue weighted by Gasteiger charge is -2.30. The molecule has 0 aliphatic heterocycles. The van der Waals surface area contributed by atoms with Gasteiger partial charge >= 0.3 is 6.18 Å². The summed E-state index contributed by atoms with van der Waals surface area (Å²) in [6.07, 6.45) is -3.98. The molecule has 13 heteroatoms. The number of hydrogen-bond donors (Lipinski definition) is 1. The number of sulfonamides is 1. The zero-order valence-corrected chi connectivity index (χ0v) is 22.8. The van der Waals surface area contributed by atoms with E-state index in [1.807, 2.05) is 0 Å². The van der Waals surface area contributed by atoms with E-state index in [0.29, 0.717) is 22.2 Å². The number of amides is 2. The van der Waals surface area contributed by atoms with Crippen molar-refractivity contribution < 1.29 is 31.2 Å². The van der Waals surface area contributed by atoms with Crippen LogP contribution in [0.5, 0.6) is 0 Å². The summed E-state index contributed by atoms with van der Waals surface area (Å²) in [5.74, 6) is -0.881. The maximum atomic E-state index is 13.2. The smallest absolute Gasteiger partial charge is 0.355 e. The SMILES string of the molecule is CCNC(=O)C(C)N(Cc1c(Cl)cccc1Cl)C(=O)CCCN(c1cccc(C(F)(F)F)c1)S(C)(=O)=O. The van der Waals surface area contributed by atoms with Crippen LogP contribution >= 0.6 is 23.2 Å². The van der Waals surface area contributed by atoms with Gasteiger partial charge in [0.1, 0.15) is 6.04 Å². The highest BCUT2D eigenvalue weighted by Gasteiger charge is 2.32. The second-order valence-electron chi connectivity index (χ2n) is 8.28. The molecule has 204 valence electrons. The Kier molecular flexibility index (Phi) is 10.7. The molecule has 2 aromatic carbocycles. The molecule has 0 heterocycles. The Balaban J connectivity index is 2.25. The van der Waals surface area contributed by atoms with Crippen LogP contribution in [-0.2, 0) is 32.3 Å². The molecule has 0 spiro atoms. The molecule has 1 atom stereocenters. The first kappa shape index (κ1) is 30.7. The zero-order chi connectivity index (χ0) is 28.0. The van der Waals surface area contributed by atoms with Gasteiger partial charge in [0.2, 0.25) is 21.8 Å². The second kappa shape index (κ2) is 12.8. The molecular formula is C24H28Cl2F3N3O4S. The highest BCUT2D eigenvalue weighted by atomic mass is 35.5. The fourth-order valence-electron chi connectivity index (χ4n) is 3.60. The summed E-state index contributed by atoms with van der Waals surface area (Å²) in [6, 6.07) is 7.89. The van der Waals surface area contributed by atoms with Gasteiger partial charge in [-0.2, -0.15) is 13.2 Å². The van der Waals surface area contributed by atoms with E-state index in [-0.39, 0.29) is 31.6 Å². The molecule has 0 aliphatic rings. The Hall–Kier alpha value is -2.50. The maximum absolute atomic E-state index is 13.2. The van der Waals surface area contributed by atoms with E-state index in [4.69, 9.17) is 23.2 Å². The van der Waals surface area contributed by atoms with Gasteiger partial charge in [-0.25, -0.2) is 8.42 Å². The van der Waals surface area contributed by atoms with E-state index >= 15 is 0 Å². The molecule has 0 fully saturated rings. The maximum Gasteiger partial charge on any atom is 0.416 e. The van der Waals surface area contributed by atoms with Crippen molar-refractivity contribution in [1.82, 2.24) is 10.2 Å². The summed E-state index contributed by atoms with van der Waals surface area (Å²) in [6.45, 7) is 3.30. The molecule has 2 amide bonds. The summed E-state index contributed by atoms with van der Waals surface area (Å²) < 4.78 is 64.9. The number of alkyl halides is 3. The summed E-state index contributed by atoms with van der Waals surface area (Å²) in [7, 11) is -3.95. The number of benzene rings is 2. The van der Waals surface area contributed by atoms with Gasteiger partial charge in [0.05, 0.1) is 17.5 Å². The number of rotatable bonds is 11. The van der Waals surface area contributed by atoms with Gasteiger partial charge in [0.15, 0.2) is 0 Å². The van der Waals surface area contributed by atoms with Gasteiger partial charge in [-0.3, -0.25) is 13.9 Å². The predicted molar refractivity (Wildman–Crippen MR) is 138 cm³/mol. The van der Waals surface area contributed by atoms with Gasteiger partial charge < -0.3 is 10.2 Å². The van der Waals surface area contributed by atoms with Crippen LogP contribution in [0.15, 0.2) is 42.5 Å². The first-order valence-corrected chi connectivity index (χ1v) is 13.9. The molecule has 1 N–H and O–H groups in total.